The lowest BCUT2D eigenvalue weighted by Crippen LogP contribution is -2.39. The van der Waals surface area contributed by atoms with E-state index in [-0.39, 0.29) is 23.5 Å². The van der Waals surface area contributed by atoms with Crippen LogP contribution < -0.4 is 5.73 Å². The molecule has 1 saturated heterocycles. The largest absolute Gasteiger partial charge is 0.369 e. The van der Waals surface area contributed by atoms with E-state index in [0.717, 1.165) is 34.8 Å². The van der Waals surface area contributed by atoms with Gasteiger partial charge in [0.15, 0.2) is 0 Å². The van der Waals surface area contributed by atoms with Crippen molar-refractivity contribution in [3.05, 3.63) is 59.1 Å². The number of primary amides is 1. The first kappa shape index (κ1) is 19.0. The number of likely N-dealkylation sites (tertiary alicyclic amines) is 1. The molecule has 5 nitrogen and oxygen atoms in total. The van der Waals surface area contributed by atoms with Gasteiger partial charge in [-0.15, -0.1) is 23.1 Å². The summed E-state index contributed by atoms with van der Waals surface area (Å²) in [6, 6.07) is 15.6. The molecule has 1 aliphatic heterocycles. The number of para-hydroxylation sites is 1. The number of rotatable bonds is 5. The van der Waals surface area contributed by atoms with Crippen LogP contribution >= 0.6 is 23.1 Å². The maximum atomic E-state index is 13.2. The van der Waals surface area contributed by atoms with Crippen molar-refractivity contribution in [1.29, 1.82) is 0 Å². The Morgan fingerprint density at radius 2 is 1.96 bits per heavy atom. The zero-order chi connectivity index (χ0) is 19.5. The summed E-state index contributed by atoms with van der Waals surface area (Å²) < 4.78 is 1.19. The third kappa shape index (κ3) is 4.05. The number of thiazole rings is 1. The Hall–Kier alpha value is -2.38. The van der Waals surface area contributed by atoms with Crippen molar-refractivity contribution in [2.24, 2.45) is 5.73 Å². The molecule has 1 atom stereocenters. The molecule has 0 bridgehead atoms. The van der Waals surface area contributed by atoms with E-state index in [1.54, 1.807) is 11.3 Å². The highest BCUT2D eigenvalue weighted by Gasteiger charge is 2.28. The van der Waals surface area contributed by atoms with Crippen molar-refractivity contribution < 1.29 is 9.59 Å². The number of amides is 2. The van der Waals surface area contributed by atoms with Crippen LogP contribution in [-0.4, -0.2) is 40.5 Å². The predicted octanol–water partition coefficient (Wildman–Crippen LogP) is 3.89. The van der Waals surface area contributed by atoms with Gasteiger partial charge in [-0.3, -0.25) is 9.59 Å². The van der Waals surface area contributed by atoms with Gasteiger partial charge in [-0.05, 0) is 37.1 Å². The normalized spacial score (nSPS) is 17.0. The molecule has 0 saturated carbocycles. The number of fused-ring (bicyclic) bond motifs is 1. The molecule has 2 aromatic carbocycles. The number of thioether (sulfide) groups is 1. The van der Waals surface area contributed by atoms with Crippen LogP contribution in [0.1, 0.15) is 34.1 Å². The van der Waals surface area contributed by atoms with Gasteiger partial charge in [0.1, 0.15) is 0 Å². The summed E-state index contributed by atoms with van der Waals surface area (Å²) in [4.78, 5) is 31.8. The van der Waals surface area contributed by atoms with Crippen LogP contribution in [0.15, 0.2) is 53.4 Å². The minimum absolute atomic E-state index is 0.0124. The standard InChI is InChI=1S/C21H21N3O2S2/c22-19(25)13-27-17-9-3-1-7-15(17)21(26)24-11-5-6-14(12-24)20-23-16-8-2-4-10-18(16)28-20/h1-4,7-10,14H,5-6,11-13H2,(H2,22,25)/t14-/m1/s1. The second-order valence-corrected chi connectivity index (χ2v) is 8.94. The van der Waals surface area contributed by atoms with Crippen LogP contribution in [0.2, 0.25) is 0 Å². The maximum Gasteiger partial charge on any atom is 0.255 e. The van der Waals surface area contributed by atoms with E-state index in [2.05, 4.69) is 6.07 Å². The van der Waals surface area contributed by atoms with Gasteiger partial charge in [0.2, 0.25) is 5.91 Å². The molecule has 144 valence electrons. The molecule has 0 radical (unpaired) electrons. The number of nitrogens with zero attached hydrogens (tertiary/aromatic N) is 2. The Labute approximate surface area is 171 Å². The average molecular weight is 412 g/mol. The topological polar surface area (TPSA) is 76.3 Å². The van der Waals surface area contributed by atoms with Crippen molar-refractivity contribution in [3.8, 4) is 0 Å². The number of hydrogen-bond acceptors (Lipinski definition) is 5. The first-order valence-electron chi connectivity index (χ1n) is 9.26. The van der Waals surface area contributed by atoms with Gasteiger partial charge in [0.05, 0.1) is 26.5 Å². The highest BCUT2D eigenvalue weighted by atomic mass is 32.2. The molecule has 1 aliphatic rings. The lowest BCUT2D eigenvalue weighted by atomic mass is 9.98. The number of aromatic nitrogens is 1. The van der Waals surface area contributed by atoms with Gasteiger partial charge in [0, 0.05) is 23.9 Å². The lowest BCUT2D eigenvalue weighted by Gasteiger charge is -2.32. The molecule has 2 N–H and O–H groups in total. The van der Waals surface area contributed by atoms with Gasteiger partial charge < -0.3 is 10.6 Å². The van der Waals surface area contributed by atoms with Crippen LogP contribution in [0.5, 0.6) is 0 Å². The molecule has 4 rings (SSSR count). The Balaban J connectivity index is 1.53. The highest BCUT2D eigenvalue weighted by molar-refractivity contribution is 8.00. The van der Waals surface area contributed by atoms with Gasteiger partial charge >= 0.3 is 0 Å². The zero-order valence-electron chi connectivity index (χ0n) is 15.3. The van der Waals surface area contributed by atoms with Crippen LogP contribution in [0.3, 0.4) is 0 Å². The maximum absolute atomic E-state index is 13.2. The third-order valence-corrected chi connectivity index (χ3v) is 7.15. The number of piperidine rings is 1. The van der Waals surface area contributed by atoms with E-state index in [4.69, 9.17) is 10.7 Å². The quantitative estimate of drug-likeness (QED) is 0.646. The van der Waals surface area contributed by atoms with E-state index < -0.39 is 0 Å². The van der Waals surface area contributed by atoms with Gasteiger partial charge in [-0.2, -0.15) is 0 Å². The van der Waals surface area contributed by atoms with Crippen molar-refractivity contribution in [1.82, 2.24) is 9.88 Å². The van der Waals surface area contributed by atoms with E-state index in [9.17, 15) is 9.59 Å². The third-order valence-electron chi connectivity index (χ3n) is 4.86. The summed E-state index contributed by atoms with van der Waals surface area (Å²) in [5.41, 5.74) is 6.93. The molecule has 2 amide bonds. The van der Waals surface area contributed by atoms with E-state index in [1.807, 2.05) is 47.4 Å². The minimum atomic E-state index is -0.388. The van der Waals surface area contributed by atoms with Crippen LogP contribution in [0.25, 0.3) is 10.2 Å². The van der Waals surface area contributed by atoms with Crippen molar-refractivity contribution >= 4 is 45.1 Å². The second-order valence-electron chi connectivity index (χ2n) is 6.86. The highest BCUT2D eigenvalue weighted by Crippen LogP contribution is 2.34. The Morgan fingerprint density at radius 1 is 1.18 bits per heavy atom. The van der Waals surface area contributed by atoms with Crippen molar-refractivity contribution in [2.45, 2.75) is 23.7 Å². The molecule has 0 aliphatic carbocycles. The SMILES string of the molecule is NC(=O)CSc1ccccc1C(=O)N1CCC[C@@H](c2nc3ccccc3s2)C1. The first-order chi connectivity index (χ1) is 13.6. The fraction of sp³-hybridized carbons (Fsp3) is 0.286. The molecule has 2 heterocycles. The predicted molar refractivity (Wildman–Crippen MR) is 114 cm³/mol. The Kier molecular flexibility index (Phi) is 5.64. The smallest absolute Gasteiger partial charge is 0.255 e. The molecule has 1 aromatic heterocycles. The molecule has 1 fully saturated rings. The van der Waals surface area contributed by atoms with Gasteiger partial charge in [-0.25, -0.2) is 4.98 Å². The number of nitrogens with two attached hydrogens (primary N) is 1. The van der Waals surface area contributed by atoms with Crippen molar-refractivity contribution in [2.75, 3.05) is 18.8 Å². The fourth-order valence-electron chi connectivity index (χ4n) is 3.52. The molecule has 28 heavy (non-hydrogen) atoms. The van der Waals surface area contributed by atoms with Gasteiger partial charge in [-0.1, -0.05) is 24.3 Å². The fourth-order valence-corrected chi connectivity index (χ4v) is 5.39. The van der Waals surface area contributed by atoms with Crippen LogP contribution in [0, 0.1) is 0 Å². The first-order valence-corrected chi connectivity index (χ1v) is 11.1. The van der Waals surface area contributed by atoms with E-state index in [1.165, 1.54) is 16.5 Å². The van der Waals surface area contributed by atoms with Crippen molar-refractivity contribution in [3.63, 3.8) is 0 Å². The summed E-state index contributed by atoms with van der Waals surface area (Å²) in [6.07, 6.45) is 2.00. The van der Waals surface area contributed by atoms with Crippen LogP contribution in [0.4, 0.5) is 0 Å². The Bertz CT molecular complexity index is 985. The number of hydrogen-bond donors (Lipinski definition) is 1. The molecule has 0 spiro atoms. The summed E-state index contributed by atoms with van der Waals surface area (Å²) >= 11 is 3.04. The van der Waals surface area contributed by atoms with E-state index >= 15 is 0 Å². The number of benzene rings is 2. The number of carbonyl (C=O) groups excluding carboxylic acids is 2. The van der Waals surface area contributed by atoms with Crippen LogP contribution in [-0.2, 0) is 4.79 Å². The molecular weight excluding hydrogens is 390 g/mol. The molecular formula is C21H21N3O2S2. The average Bonchev–Trinajstić information content (AvgIpc) is 3.16. The second kappa shape index (κ2) is 8.32. The monoisotopic (exact) mass is 411 g/mol. The van der Waals surface area contributed by atoms with E-state index in [0.29, 0.717) is 12.1 Å². The number of carbonyl (C=O) groups is 2. The minimum Gasteiger partial charge on any atom is -0.369 e. The summed E-state index contributed by atoms with van der Waals surface area (Å²) in [7, 11) is 0. The van der Waals surface area contributed by atoms with Gasteiger partial charge in [0.25, 0.3) is 5.91 Å². The lowest BCUT2D eigenvalue weighted by molar-refractivity contribution is -0.115. The molecule has 0 unspecified atom stereocenters. The molecule has 3 aromatic rings. The Morgan fingerprint density at radius 3 is 2.79 bits per heavy atom. The molecule has 7 heteroatoms. The summed E-state index contributed by atoms with van der Waals surface area (Å²) in [5.74, 6) is 0.0542. The summed E-state index contributed by atoms with van der Waals surface area (Å²) in [5, 5.41) is 1.11. The zero-order valence-corrected chi connectivity index (χ0v) is 17.0. The summed E-state index contributed by atoms with van der Waals surface area (Å²) in [6.45, 7) is 1.42.